The van der Waals surface area contributed by atoms with Crippen LogP contribution >= 0.6 is 23.1 Å². The molecule has 0 aliphatic carbocycles. The highest BCUT2D eigenvalue weighted by molar-refractivity contribution is 8.15. The first-order chi connectivity index (χ1) is 16.5. The predicted octanol–water partition coefficient (Wildman–Crippen LogP) is 5.10. The Kier molecular flexibility index (Phi) is 7.44. The molecule has 174 valence electrons. The van der Waals surface area contributed by atoms with Crippen LogP contribution in [-0.2, 0) is 9.59 Å². The number of benzene rings is 2. The summed E-state index contributed by atoms with van der Waals surface area (Å²) in [4.78, 5) is 38.7. The van der Waals surface area contributed by atoms with Crippen LogP contribution in [0, 0.1) is 0 Å². The summed E-state index contributed by atoms with van der Waals surface area (Å²) in [6.45, 7) is 1.94. The first-order valence-corrected chi connectivity index (χ1v) is 12.6. The predicted molar refractivity (Wildman–Crippen MR) is 143 cm³/mol. The minimum absolute atomic E-state index is 0.165. The molecule has 0 bridgehead atoms. The van der Waals surface area contributed by atoms with Crippen molar-refractivity contribution in [2.45, 2.75) is 18.6 Å². The van der Waals surface area contributed by atoms with Gasteiger partial charge in [-0.05, 0) is 42.3 Å². The number of nitrogens with one attached hydrogen (secondary N) is 1. The first-order valence-electron chi connectivity index (χ1n) is 10.8. The first kappa shape index (κ1) is 23.7. The van der Waals surface area contributed by atoms with Crippen LogP contribution in [0.3, 0.4) is 0 Å². The quantitative estimate of drug-likeness (QED) is 0.465. The third-order valence-electron chi connectivity index (χ3n) is 5.13. The maximum absolute atomic E-state index is 13.4. The van der Waals surface area contributed by atoms with E-state index < -0.39 is 5.25 Å². The van der Waals surface area contributed by atoms with E-state index in [1.165, 1.54) is 23.1 Å². The van der Waals surface area contributed by atoms with Gasteiger partial charge in [-0.3, -0.25) is 14.5 Å². The van der Waals surface area contributed by atoms with Gasteiger partial charge >= 0.3 is 0 Å². The lowest BCUT2D eigenvalue weighted by molar-refractivity contribution is -0.116. The van der Waals surface area contributed by atoms with Crippen molar-refractivity contribution in [3.8, 4) is 0 Å². The van der Waals surface area contributed by atoms with Crippen LogP contribution in [0.25, 0.3) is 6.08 Å². The Bertz CT molecular complexity index is 1210. The van der Waals surface area contributed by atoms with Crippen LogP contribution in [0.15, 0.2) is 76.9 Å². The Morgan fingerprint density at radius 3 is 2.53 bits per heavy atom. The third kappa shape index (κ3) is 5.37. The number of amides is 2. The van der Waals surface area contributed by atoms with Gasteiger partial charge in [0.2, 0.25) is 5.91 Å². The van der Waals surface area contributed by atoms with Crippen LogP contribution in [0.1, 0.15) is 18.9 Å². The number of rotatable bonds is 7. The second-order valence-electron chi connectivity index (χ2n) is 7.73. The number of hydrogen-bond donors (Lipinski definition) is 1. The topological polar surface area (TPSA) is 77.9 Å². The Morgan fingerprint density at radius 2 is 1.91 bits per heavy atom. The van der Waals surface area contributed by atoms with Crippen LogP contribution in [0.2, 0.25) is 0 Å². The Hall–Kier alpha value is -3.43. The summed E-state index contributed by atoms with van der Waals surface area (Å²) >= 11 is 2.65. The second-order valence-corrected chi connectivity index (χ2v) is 9.79. The zero-order valence-corrected chi connectivity index (χ0v) is 20.8. The minimum Gasteiger partial charge on any atom is -0.378 e. The molecule has 0 fully saturated rings. The molecule has 7 nitrogen and oxygen atoms in total. The molecule has 1 N–H and O–H groups in total. The van der Waals surface area contributed by atoms with Crippen molar-refractivity contribution < 1.29 is 9.59 Å². The zero-order valence-electron chi connectivity index (χ0n) is 19.1. The van der Waals surface area contributed by atoms with E-state index in [0.717, 1.165) is 11.3 Å². The number of carbonyl (C=O) groups is 2. The number of thiazole rings is 1. The molecule has 2 heterocycles. The van der Waals surface area contributed by atoms with Gasteiger partial charge in [0.05, 0.1) is 10.9 Å². The fourth-order valence-electron chi connectivity index (χ4n) is 3.33. The Balaban J connectivity index is 1.63. The normalized spacial score (nSPS) is 15.4. The van der Waals surface area contributed by atoms with Crippen LogP contribution in [0.5, 0.6) is 0 Å². The second kappa shape index (κ2) is 10.7. The molecule has 0 radical (unpaired) electrons. The SMILES string of the molecule is CCC(SC1=N/C(=C/c2ccc(N(C)C)cc2)C(=O)N1c1ccccc1)C(=O)Nc1nccs1. The van der Waals surface area contributed by atoms with Gasteiger partial charge in [0.1, 0.15) is 5.70 Å². The number of carbonyl (C=O) groups excluding carboxylic acids is 2. The van der Waals surface area contributed by atoms with Crippen LogP contribution < -0.4 is 15.1 Å². The lowest BCUT2D eigenvalue weighted by Crippen LogP contribution is -2.34. The lowest BCUT2D eigenvalue weighted by Gasteiger charge is -2.20. The van der Waals surface area contributed by atoms with E-state index in [9.17, 15) is 9.59 Å². The Morgan fingerprint density at radius 1 is 1.18 bits per heavy atom. The van der Waals surface area contributed by atoms with Crippen molar-refractivity contribution in [2.75, 3.05) is 29.2 Å². The Labute approximate surface area is 207 Å². The molecular weight excluding hydrogens is 466 g/mol. The summed E-state index contributed by atoms with van der Waals surface area (Å²) < 4.78 is 0. The molecule has 0 saturated heterocycles. The lowest BCUT2D eigenvalue weighted by atomic mass is 10.1. The average Bonchev–Trinajstić information content (AvgIpc) is 3.46. The highest BCUT2D eigenvalue weighted by Gasteiger charge is 2.34. The van der Waals surface area contributed by atoms with Gasteiger partial charge in [-0.1, -0.05) is 49.0 Å². The van der Waals surface area contributed by atoms with Crippen molar-refractivity contribution in [2.24, 2.45) is 4.99 Å². The monoisotopic (exact) mass is 491 g/mol. The van der Waals surface area contributed by atoms with Gasteiger partial charge in [-0.25, -0.2) is 9.98 Å². The van der Waals surface area contributed by atoms with Gasteiger partial charge in [-0.2, -0.15) is 0 Å². The number of anilines is 3. The fourth-order valence-corrected chi connectivity index (χ4v) is 4.89. The molecule has 1 aliphatic rings. The smallest absolute Gasteiger partial charge is 0.283 e. The zero-order chi connectivity index (χ0) is 24.1. The molecule has 0 saturated carbocycles. The summed E-state index contributed by atoms with van der Waals surface area (Å²) in [6, 6.07) is 17.3. The molecule has 1 aromatic heterocycles. The molecule has 1 unspecified atom stereocenters. The fraction of sp³-hybridized carbons (Fsp3) is 0.200. The van der Waals surface area contributed by atoms with Gasteiger partial charge in [-0.15, -0.1) is 11.3 Å². The summed E-state index contributed by atoms with van der Waals surface area (Å²) in [5.41, 5.74) is 2.99. The number of aromatic nitrogens is 1. The number of amidine groups is 1. The highest BCUT2D eigenvalue weighted by atomic mass is 32.2. The van der Waals surface area contributed by atoms with Gasteiger partial charge in [0.25, 0.3) is 5.91 Å². The molecule has 9 heteroatoms. The summed E-state index contributed by atoms with van der Waals surface area (Å²) in [5, 5.41) is 5.26. The van der Waals surface area contributed by atoms with Crippen LogP contribution in [-0.4, -0.2) is 41.3 Å². The van der Waals surface area contributed by atoms with Crippen LogP contribution in [0.4, 0.5) is 16.5 Å². The van der Waals surface area contributed by atoms with Crippen molar-refractivity contribution in [3.05, 3.63) is 77.4 Å². The van der Waals surface area contributed by atoms with E-state index in [1.807, 2.05) is 85.9 Å². The van der Waals surface area contributed by atoms with Crippen molar-refractivity contribution >= 4 is 62.7 Å². The summed E-state index contributed by atoms with van der Waals surface area (Å²) in [6.07, 6.45) is 4.00. The molecule has 1 aliphatic heterocycles. The molecular formula is C25H25N5O2S2. The third-order valence-corrected chi connectivity index (χ3v) is 7.14. The van der Waals surface area contributed by atoms with Crippen molar-refractivity contribution in [1.29, 1.82) is 0 Å². The number of nitrogens with zero attached hydrogens (tertiary/aromatic N) is 4. The number of hydrogen-bond acceptors (Lipinski definition) is 7. The number of aliphatic imine (C=N–C) groups is 1. The van der Waals surface area contributed by atoms with E-state index >= 15 is 0 Å². The molecule has 2 amide bonds. The number of thioether (sulfide) groups is 1. The van der Waals surface area contributed by atoms with Gasteiger partial charge in [0.15, 0.2) is 10.3 Å². The van der Waals surface area contributed by atoms with E-state index in [-0.39, 0.29) is 11.8 Å². The largest absolute Gasteiger partial charge is 0.378 e. The molecule has 4 rings (SSSR count). The molecule has 0 spiro atoms. The maximum Gasteiger partial charge on any atom is 0.283 e. The molecule has 34 heavy (non-hydrogen) atoms. The molecule has 2 aromatic carbocycles. The number of para-hydroxylation sites is 1. The summed E-state index contributed by atoms with van der Waals surface area (Å²) in [7, 11) is 3.96. The van der Waals surface area contributed by atoms with Crippen molar-refractivity contribution in [3.63, 3.8) is 0 Å². The van der Waals surface area contributed by atoms with E-state index in [0.29, 0.717) is 28.1 Å². The van der Waals surface area contributed by atoms with Gasteiger partial charge < -0.3 is 10.2 Å². The van der Waals surface area contributed by atoms with E-state index in [2.05, 4.69) is 15.3 Å². The minimum atomic E-state index is -0.430. The van der Waals surface area contributed by atoms with Crippen molar-refractivity contribution in [1.82, 2.24) is 4.98 Å². The van der Waals surface area contributed by atoms with Gasteiger partial charge in [0, 0.05) is 31.4 Å². The average molecular weight is 492 g/mol. The van der Waals surface area contributed by atoms with E-state index in [1.54, 1.807) is 17.2 Å². The molecule has 3 aromatic rings. The standard InChI is InChI=1S/C25H25N5O2S2/c1-4-21(22(31)28-24-26-14-15-33-24)34-25-27-20(16-17-10-12-18(13-11-17)29(2)3)23(32)30(25)19-8-6-5-7-9-19/h5-16,21H,4H2,1-3H3,(H,26,28,31)/b20-16+. The maximum atomic E-state index is 13.4. The molecule has 1 atom stereocenters. The van der Waals surface area contributed by atoms with E-state index in [4.69, 9.17) is 0 Å². The highest BCUT2D eigenvalue weighted by Crippen LogP contribution is 2.32. The summed E-state index contributed by atoms with van der Waals surface area (Å²) in [5.74, 6) is -0.386.